The summed E-state index contributed by atoms with van der Waals surface area (Å²) in [7, 11) is 0. The summed E-state index contributed by atoms with van der Waals surface area (Å²) >= 11 is 0. The minimum atomic E-state index is -0.00420. The van der Waals surface area contributed by atoms with E-state index >= 15 is 0 Å². The maximum atomic E-state index is 12.5. The minimum Gasteiger partial charge on any atom is -0.356 e. The highest BCUT2D eigenvalue weighted by atomic mass is 16.5. The van der Waals surface area contributed by atoms with Crippen LogP contribution in [0.5, 0.6) is 0 Å². The highest BCUT2D eigenvalue weighted by Crippen LogP contribution is 2.34. The Kier molecular flexibility index (Phi) is 5.24. The largest absolute Gasteiger partial charge is 0.356 e. The molecule has 4 heteroatoms. The molecule has 2 atom stereocenters. The van der Waals surface area contributed by atoms with E-state index < -0.39 is 0 Å². The maximum absolute atomic E-state index is 12.5. The molecule has 0 aromatic carbocycles. The minimum absolute atomic E-state index is 0.00420. The van der Waals surface area contributed by atoms with Gasteiger partial charge in [-0.15, -0.1) is 0 Å². The SMILES string of the molecule is C=C1N(COCC2=CCCC=C2)C(=O)C(C)=CN1C1CCC(C)C1. The lowest BCUT2D eigenvalue weighted by molar-refractivity contribution is -0.132. The van der Waals surface area contributed by atoms with Crippen LogP contribution < -0.4 is 0 Å². The van der Waals surface area contributed by atoms with E-state index in [1.54, 1.807) is 4.90 Å². The highest BCUT2D eigenvalue weighted by molar-refractivity contribution is 5.94. The molecule has 0 N–H and O–H groups in total. The van der Waals surface area contributed by atoms with E-state index in [1.165, 1.54) is 12.0 Å². The normalized spacial score (nSPS) is 27.6. The third kappa shape index (κ3) is 3.64. The van der Waals surface area contributed by atoms with E-state index in [-0.39, 0.29) is 12.6 Å². The zero-order valence-corrected chi connectivity index (χ0v) is 14.8. The summed E-state index contributed by atoms with van der Waals surface area (Å²) in [5, 5.41) is 0. The molecule has 1 fully saturated rings. The monoisotopic (exact) mass is 328 g/mol. The fraction of sp³-hybridized carbons (Fsp3) is 0.550. The number of allylic oxidation sites excluding steroid dienone is 2. The van der Waals surface area contributed by atoms with Crippen molar-refractivity contribution in [3.8, 4) is 0 Å². The summed E-state index contributed by atoms with van der Waals surface area (Å²) in [5.74, 6) is 1.48. The average molecular weight is 328 g/mol. The van der Waals surface area contributed by atoms with Gasteiger partial charge in [-0.1, -0.05) is 31.7 Å². The number of hydrogen-bond acceptors (Lipinski definition) is 3. The van der Waals surface area contributed by atoms with Gasteiger partial charge in [0.25, 0.3) is 5.91 Å². The summed E-state index contributed by atoms with van der Waals surface area (Å²) < 4.78 is 5.80. The first-order valence-electron chi connectivity index (χ1n) is 8.97. The van der Waals surface area contributed by atoms with Gasteiger partial charge < -0.3 is 9.64 Å². The molecular formula is C20H28N2O2. The Morgan fingerprint density at radius 2 is 2.17 bits per heavy atom. The molecule has 1 aliphatic heterocycles. The summed E-state index contributed by atoms with van der Waals surface area (Å²) in [6.45, 7) is 9.14. The second kappa shape index (κ2) is 7.39. The van der Waals surface area contributed by atoms with Crippen molar-refractivity contribution in [2.75, 3.05) is 13.3 Å². The topological polar surface area (TPSA) is 32.8 Å². The molecule has 0 bridgehead atoms. The number of carbonyl (C=O) groups excluding carboxylic acids is 1. The molecule has 2 aliphatic carbocycles. The van der Waals surface area contributed by atoms with Gasteiger partial charge in [-0.25, -0.2) is 0 Å². The number of hydrogen-bond donors (Lipinski definition) is 0. The van der Waals surface area contributed by atoms with Crippen molar-refractivity contribution in [3.05, 3.63) is 48.0 Å². The molecule has 130 valence electrons. The van der Waals surface area contributed by atoms with Crippen LogP contribution in [0.1, 0.15) is 46.0 Å². The number of ether oxygens (including phenoxy) is 1. The van der Waals surface area contributed by atoms with Gasteiger partial charge in [0.15, 0.2) is 0 Å². The van der Waals surface area contributed by atoms with Crippen molar-refractivity contribution >= 4 is 5.91 Å². The average Bonchev–Trinajstić information content (AvgIpc) is 3.01. The molecule has 24 heavy (non-hydrogen) atoms. The molecule has 0 spiro atoms. The highest BCUT2D eigenvalue weighted by Gasteiger charge is 2.34. The maximum Gasteiger partial charge on any atom is 0.258 e. The molecule has 2 unspecified atom stereocenters. The van der Waals surface area contributed by atoms with Gasteiger partial charge in [0.1, 0.15) is 12.6 Å². The van der Waals surface area contributed by atoms with Crippen molar-refractivity contribution in [3.63, 3.8) is 0 Å². The number of amides is 1. The summed E-state index contributed by atoms with van der Waals surface area (Å²) in [6.07, 6.45) is 14.2. The van der Waals surface area contributed by atoms with Crippen LogP contribution in [0.2, 0.25) is 0 Å². The standard InChI is InChI=1S/C20H28N2O2/c1-15-9-10-19(11-15)21-12-16(2)20(23)22(17(21)3)14-24-13-18-7-5-4-6-8-18/h5,7-8,12,15,19H,3-4,6,9-11,13-14H2,1-2H3. The molecule has 1 heterocycles. The molecular weight excluding hydrogens is 300 g/mol. The van der Waals surface area contributed by atoms with Gasteiger partial charge in [0.2, 0.25) is 0 Å². The molecule has 4 nitrogen and oxygen atoms in total. The first kappa shape index (κ1) is 17.0. The van der Waals surface area contributed by atoms with Crippen molar-refractivity contribution in [1.82, 2.24) is 9.80 Å². The lowest BCUT2D eigenvalue weighted by Gasteiger charge is -2.39. The zero-order chi connectivity index (χ0) is 17.1. The van der Waals surface area contributed by atoms with E-state index in [9.17, 15) is 4.79 Å². The molecule has 0 aromatic heterocycles. The van der Waals surface area contributed by atoms with Gasteiger partial charge in [0, 0.05) is 17.8 Å². The Balaban J connectivity index is 1.62. The smallest absolute Gasteiger partial charge is 0.258 e. The number of carbonyl (C=O) groups is 1. The van der Waals surface area contributed by atoms with Crippen LogP contribution in [0.3, 0.4) is 0 Å². The predicted octanol–water partition coefficient (Wildman–Crippen LogP) is 3.94. The first-order valence-corrected chi connectivity index (χ1v) is 8.97. The Morgan fingerprint density at radius 3 is 2.83 bits per heavy atom. The number of nitrogens with zero attached hydrogens (tertiary/aromatic N) is 2. The summed E-state index contributed by atoms with van der Waals surface area (Å²) in [6, 6.07) is 0.446. The fourth-order valence-corrected chi connectivity index (χ4v) is 3.72. The van der Waals surface area contributed by atoms with Crippen LogP contribution in [0.15, 0.2) is 48.0 Å². The summed E-state index contributed by atoms with van der Waals surface area (Å²) in [4.78, 5) is 16.4. The Hall–Kier alpha value is -1.81. The lowest BCUT2D eigenvalue weighted by atomic mass is 10.1. The molecule has 1 saturated carbocycles. The second-order valence-electron chi connectivity index (χ2n) is 7.18. The van der Waals surface area contributed by atoms with Crippen molar-refractivity contribution in [1.29, 1.82) is 0 Å². The molecule has 3 aliphatic rings. The van der Waals surface area contributed by atoms with Crippen LogP contribution in [0, 0.1) is 5.92 Å². The van der Waals surface area contributed by atoms with Crippen LogP contribution in [-0.2, 0) is 9.53 Å². The molecule has 3 rings (SSSR count). The van der Waals surface area contributed by atoms with Gasteiger partial charge in [-0.3, -0.25) is 9.69 Å². The zero-order valence-electron chi connectivity index (χ0n) is 14.8. The van der Waals surface area contributed by atoms with Gasteiger partial charge in [0.05, 0.1) is 6.61 Å². The van der Waals surface area contributed by atoms with E-state index in [1.807, 2.05) is 13.1 Å². The molecule has 0 saturated heterocycles. The fourth-order valence-electron chi connectivity index (χ4n) is 3.72. The van der Waals surface area contributed by atoms with Crippen LogP contribution in [0.25, 0.3) is 0 Å². The second-order valence-corrected chi connectivity index (χ2v) is 7.18. The quantitative estimate of drug-likeness (QED) is 0.766. The Labute approximate surface area is 145 Å². The first-order chi connectivity index (χ1) is 11.6. The summed E-state index contributed by atoms with van der Waals surface area (Å²) in [5.41, 5.74) is 1.94. The van der Waals surface area contributed by atoms with Crippen LogP contribution >= 0.6 is 0 Å². The third-order valence-electron chi connectivity index (χ3n) is 5.15. The van der Waals surface area contributed by atoms with Crippen LogP contribution in [0.4, 0.5) is 0 Å². The lowest BCUT2D eigenvalue weighted by Crippen LogP contribution is -2.45. The van der Waals surface area contributed by atoms with E-state index in [2.05, 4.69) is 36.6 Å². The van der Waals surface area contributed by atoms with Crippen molar-refractivity contribution in [2.45, 2.75) is 52.0 Å². The van der Waals surface area contributed by atoms with Crippen molar-refractivity contribution < 1.29 is 9.53 Å². The van der Waals surface area contributed by atoms with Gasteiger partial charge in [-0.2, -0.15) is 0 Å². The Bertz CT molecular complexity index is 603. The molecule has 0 radical (unpaired) electrons. The van der Waals surface area contributed by atoms with Crippen LogP contribution in [-0.4, -0.2) is 35.1 Å². The molecule has 0 aromatic rings. The van der Waals surface area contributed by atoms with Gasteiger partial charge in [-0.05, 0) is 50.5 Å². The van der Waals surface area contributed by atoms with E-state index in [0.29, 0.717) is 12.6 Å². The van der Waals surface area contributed by atoms with Crippen molar-refractivity contribution in [2.24, 2.45) is 5.92 Å². The molecule has 1 amide bonds. The number of rotatable bonds is 5. The van der Waals surface area contributed by atoms with Gasteiger partial charge >= 0.3 is 0 Å². The Morgan fingerprint density at radius 1 is 1.33 bits per heavy atom. The third-order valence-corrected chi connectivity index (χ3v) is 5.15. The van der Waals surface area contributed by atoms with E-state index in [0.717, 1.165) is 43.0 Å². The predicted molar refractivity (Wildman–Crippen MR) is 95.7 cm³/mol. The van der Waals surface area contributed by atoms with E-state index in [4.69, 9.17) is 4.74 Å².